The number of alkyl halides is 3. The number of imidazole rings is 1. The highest BCUT2D eigenvalue weighted by Crippen LogP contribution is 2.35. The van der Waals surface area contributed by atoms with Crippen molar-refractivity contribution in [1.29, 1.82) is 0 Å². The van der Waals surface area contributed by atoms with Crippen molar-refractivity contribution >= 4 is 5.91 Å². The fourth-order valence-electron chi connectivity index (χ4n) is 2.99. The van der Waals surface area contributed by atoms with Crippen molar-refractivity contribution in [1.82, 2.24) is 24.8 Å². The zero-order valence-corrected chi connectivity index (χ0v) is 14.5. The van der Waals surface area contributed by atoms with Crippen LogP contribution in [0, 0.1) is 5.41 Å². The molecule has 0 bridgehead atoms. The Morgan fingerprint density at radius 3 is 2.54 bits per heavy atom. The van der Waals surface area contributed by atoms with Crippen molar-refractivity contribution in [2.75, 3.05) is 0 Å². The predicted molar refractivity (Wildman–Crippen MR) is 87.7 cm³/mol. The van der Waals surface area contributed by atoms with E-state index in [1.165, 1.54) is 23.3 Å². The van der Waals surface area contributed by atoms with Crippen LogP contribution >= 0.6 is 0 Å². The molecule has 9 heteroatoms. The van der Waals surface area contributed by atoms with Crippen LogP contribution in [0.25, 0.3) is 5.95 Å². The molecule has 0 radical (unpaired) electrons. The standard InChI is InChI=1S/C17H20F3N5O/c1-16(2)5-3-11(4-6-16)22-14(26)12-9-13(17(18,19)20)24-15(23-12)25-8-7-21-10-25/h7-11H,3-6H2,1-2H3,(H,22,26). The van der Waals surface area contributed by atoms with E-state index in [0.29, 0.717) is 6.07 Å². The lowest BCUT2D eigenvalue weighted by Gasteiger charge is -2.34. The van der Waals surface area contributed by atoms with Crippen LogP contribution in [0.5, 0.6) is 0 Å². The first-order valence-electron chi connectivity index (χ1n) is 8.39. The molecule has 1 saturated carbocycles. The van der Waals surface area contributed by atoms with Gasteiger partial charge in [0.2, 0.25) is 5.95 Å². The Kier molecular flexibility index (Phi) is 4.72. The summed E-state index contributed by atoms with van der Waals surface area (Å²) in [7, 11) is 0. The maximum Gasteiger partial charge on any atom is 0.433 e. The van der Waals surface area contributed by atoms with E-state index >= 15 is 0 Å². The molecular formula is C17H20F3N5O. The van der Waals surface area contributed by atoms with Crippen molar-refractivity contribution in [2.45, 2.75) is 51.7 Å². The maximum atomic E-state index is 13.2. The first-order valence-corrected chi connectivity index (χ1v) is 8.39. The van der Waals surface area contributed by atoms with Crippen molar-refractivity contribution in [3.05, 3.63) is 36.2 Å². The number of halogens is 3. The molecule has 0 aromatic carbocycles. The lowest BCUT2D eigenvalue weighted by Crippen LogP contribution is -2.39. The SMILES string of the molecule is CC1(C)CCC(NC(=O)c2cc(C(F)(F)F)nc(-n3ccnc3)n2)CC1. The predicted octanol–water partition coefficient (Wildman–Crippen LogP) is 3.38. The number of carbonyl (C=O) groups excluding carboxylic acids is 1. The molecule has 1 amide bonds. The second kappa shape index (κ2) is 6.69. The Labute approximate surface area is 148 Å². The van der Waals surface area contributed by atoms with Gasteiger partial charge in [-0.1, -0.05) is 13.8 Å². The van der Waals surface area contributed by atoms with E-state index in [-0.39, 0.29) is 23.1 Å². The number of nitrogens with one attached hydrogen (secondary N) is 1. The van der Waals surface area contributed by atoms with Crippen LogP contribution in [0.1, 0.15) is 55.7 Å². The van der Waals surface area contributed by atoms with Gasteiger partial charge in [0.15, 0.2) is 5.69 Å². The molecule has 2 heterocycles. The molecule has 0 saturated heterocycles. The smallest absolute Gasteiger partial charge is 0.348 e. The number of carbonyl (C=O) groups is 1. The third kappa shape index (κ3) is 4.20. The average molecular weight is 367 g/mol. The number of hydrogen-bond acceptors (Lipinski definition) is 4. The fourth-order valence-corrected chi connectivity index (χ4v) is 2.99. The summed E-state index contributed by atoms with van der Waals surface area (Å²) in [6.07, 6.45) is 2.91. The third-order valence-electron chi connectivity index (χ3n) is 4.65. The zero-order chi connectivity index (χ0) is 18.9. The Morgan fingerprint density at radius 1 is 1.27 bits per heavy atom. The van der Waals surface area contributed by atoms with Crippen LogP contribution in [-0.2, 0) is 6.18 Å². The summed E-state index contributed by atoms with van der Waals surface area (Å²) in [4.78, 5) is 23.7. The van der Waals surface area contributed by atoms with E-state index in [0.717, 1.165) is 25.7 Å². The Balaban J connectivity index is 1.84. The summed E-state index contributed by atoms with van der Waals surface area (Å²) in [6.45, 7) is 4.34. The molecule has 2 aromatic rings. The van der Waals surface area contributed by atoms with Gasteiger partial charge >= 0.3 is 6.18 Å². The van der Waals surface area contributed by atoms with E-state index in [9.17, 15) is 18.0 Å². The maximum absolute atomic E-state index is 13.2. The van der Waals surface area contributed by atoms with Crippen molar-refractivity contribution in [2.24, 2.45) is 5.41 Å². The van der Waals surface area contributed by atoms with Crippen LogP contribution in [-0.4, -0.2) is 31.5 Å². The summed E-state index contributed by atoms with van der Waals surface area (Å²) in [6, 6.07) is 0.624. The van der Waals surface area contributed by atoms with Gasteiger partial charge < -0.3 is 5.32 Å². The zero-order valence-electron chi connectivity index (χ0n) is 14.5. The highest BCUT2D eigenvalue weighted by atomic mass is 19.4. The highest BCUT2D eigenvalue weighted by molar-refractivity contribution is 5.92. The van der Waals surface area contributed by atoms with Crippen molar-refractivity contribution in [3.63, 3.8) is 0 Å². The molecule has 6 nitrogen and oxygen atoms in total. The number of rotatable bonds is 3. The second-order valence-corrected chi connectivity index (χ2v) is 7.32. The van der Waals surface area contributed by atoms with Gasteiger partial charge in [0.1, 0.15) is 12.0 Å². The van der Waals surface area contributed by atoms with Crippen LogP contribution in [0.4, 0.5) is 13.2 Å². The number of aromatic nitrogens is 4. The first kappa shape index (κ1) is 18.3. The van der Waals surface area contributed by atoms with Gasteiger partial charge in [-0.15, -0.1) is 0 Å². The van der Waals surface area contributed by atoms with Crippen LogP contribution in [0.3, 0.4) is 0 Å². The topological polar surface area (TPSA) is 72.7 Å². The van der Waals surface area contributed by atoms with E-state index in [1.54, 1.807) is 0 Å². The number of amides is 1. The van der Waals surface area contributed by atoms with E-state index in [2.05, 4.69) is 34.1 Å². The quantitative estimate of drug-likeness (QED) is 0.903. The van der Waals surface area contributed by atoms with Gasteiger partial charge in [-0.05, 0) is 31.1 Å². The van der Waals surface area contributed by atoms with E-state index < -0.39 is 17.8 Å². The molecule has 26 heavy (non-hydrogen) atoms. The Bertz CT molecular complexity index is 776. The van der Waals surface area contributed by atoms with Gasteiger partial charge in [-0.2, -0.15) is 13.2 Å². The fraction of sp³-hybridized carbons (Fsp3) is 0.529. The van der Waals surface area contributed by atoms with Crippen molar-refractivity contribution in [3.8, 4) is 5.95 Å². The minimum absolute atomic E-state index is 0.0588. The Morgan fingerprint density at radius 2 is 1.96 bits per heavy atom. The minimum atomic E-state index is -4.68. The lowest BCUT2D eigenvalue weighted by molar-refractivity contribution is -0.141. The van der Waals surface area contributed by atoms with Crippen molar-refractivity contribution < 1.29 is 18.0 Å². The highest BCUT2D eigenvalue weighted by Gasteiger charge is 2.35. The molecule has 140 valence electrons. The molecular weight excluding hydrogens is 347 g/mol. The lowest BCUT2D eigenvalue weighted by atomic mass is 9.75. The van der Waals surface area contributed by atoms with Gasteiger partial charge in [0, 0.05) is 24.5 Å². The average Bonchev–Trinajstić information content (AvgIpc) is 3.10. The van der Waals surface area contributed by atoms with Crippen LogP contribution < -0.4 is 5.32 Å². The molecule has 3 rings (SSSR count). The molecule has 1 aliphatic rings. The molecule has 0 atom stereocenters. The van der Waals surface area contributed by atoms with Gasteiger partial charge in [-0.3, -0.25) is 9.36 Å². The molecule has 0 spiro atoms. The van der Waals surface area contributed by atoms with Crippen LogP contribution in [0.2, 0.25) is 0 Å². The third-order valence-corrected chi connectivity index (χ3v) is 4.65. The van der Waals surface area contributed by atoms with Gasteiger partial charge in [-0.25, -0.2) is 15.0 Å². The monoisotopic (exact) mass is 367 g/mol. The number of hydrogen-bond donors (Lipinski definition) is 1. The normalized spacial score (nSPS) is 17.9. The number of nitrogens with zero attached hydrogens (tertiary/aromatic N) is 4. The van der Waals surface area contributed by atoms with E-state index in [4.69, 9.17) is 0 Å². The molecule has 1 fully saturated rings. The molecule has 2 aromatic heterocycles. The van der Waals surface area contributed by atoms with Gasteiger partial charge in [0.05, 0.1) is 0 Å². The first-order chi connectivity index (χ1) is 12.1. The Hall–Kier alpha value is -2.45. The minimum Gasteiger partial charge on any atom is -0.348 e. The molecule has 1 N–H and O–H groups in total. The summed E-state index contributed by atoms with van der Waals surface area (Å²) in [5, 5.41) is 2.80. The van der Waals surface area contributed by atoms with E-state index in [1.807, 2.05) is 0 Å². The van der Waals surface area contributed by atoms with Crippen LogP contribution in [0.15, 0.2) is 24.8 Å². The largest absolute Gasteiger partial charge is 0.433 e. The molecule has 0 unspecified atom stereocenters. The summed E-state index contributed by atoms with van der Waals surface area (Å²) < 4.78 is 40.7. The summed E-state index contributed by atoms with van der Waals surface area (Å²) >= 11 is 0. The summed E-state index contributed by atoms with van der Waals surface area (Å²) in [5.41, 5.74) is -1.24. The molecule has 1 aliphatic carbocycles. The second-order valence-electron chi connectivity index (χ2n) is 7.32. The summed E-state index contributed by atoms with van der Waals surface area (Å²) in [5.74, 6) is -0.865. The van der Waals surface area contributed by atoms with Gasteiger partial charge in [0.25, 0.3) is 5.91 Å². The molecule has 0 aliphatic heterocycles.